The molecule has 0 aliphatic heterocycles. The number of hydrogen-bond donors (Lipinski definition) is 2. The summed E-state index contributed by atoms with van der Waals surface area (Å²) in [5.41, 5.74) is 1.15. The quantitative estimate of drug-likeness (QED) is 0.382. The second-order valence-electron chi connectivity index (χ2n) is 9.93. The van der Waals surface area contributed by atoms with Crippen LogP contribution in [0.3, 0.4) is 0 Å². The zero-order valence-electron chi connectivity index (χ0n) is 21.1. The van der Waals surface area contributed by atoms with Gasteiger partial charge in [0.05, 0.1) is 7.11 Å². The number of fused-ring (bicyclic) bond motifs is 2. The fraction of sp³-hybridized carbons (Fsp3) is 0.429. The monoisotopic (exact) mass is 464 g/mol. The molecule has 0 aliphatic carbocycles. The van der Waals surface area contributed by atoms with Crippen molar-refractivity contribution in [2.45, 2.75) is 47.5 Å². The summed E-state index contributed by atoms with van der Waals surface area (Å²) < 4.78 is 11.6. The first-order chi connectivity index (χ1) is 16.1. The Kier molecular flexibility index (Phi) is 8.02. The van der Waals surface area contributed by atoms with Crippen LogP contribution >= 0.6 is 0 Å². The molecule has 0 saturated heterocycles. The van der Waals surface area contributed by atoms with Crippen LogP contribution in [0.15, 0.2) is 42.5 Å². The average molecular weight is 465 g/mol. The largest absolute Gasteiger partial charge is 0.495 e. The summed E-state index contributed by atoms with van der Waals surface area (Å²) in [6.07, 6.45) is 1.32. The van der Waals surface area contributed by atoms with E-state index in [2.05, 4.69) is 37.5 Å². The molecule has 34 heavy (non-hydrogen) atoms. The first kappa shape index (κ1) is 25.3. The minimum absolute atomic E-state index is 0.0120. The van der Waals surface area contributed by atoms with E-state index in [0.29, 0.717) is 18.8 Å². The zero-order valence-corrected chi connectivity index (χ0v) is 21.1. The Balaban J connectivity index is 1.74. The lowest BCUT2D eigenvalue weighted by molar-refractivity contribution is -0.119. The van der Waals surface area contributed by atoms with Crippen molar-refractivity contribution in [2.75, 3.05) is 20.2 Å². The molecule has 2 N–H and O–H groups in total. The van der Waals surface area contributed by atoms with Gasteiger partial charge in [-0.05, 0) is 37.2 Å². The van der Waals surface area contributed by atoms with E-state index in [1.165, 1.54) is 6.92 Å². The minimum atomic E-state index is -0.472. The molecule has 3 aromatic rings. The standard InChI is InChI=1S/C28H36N2O4/c1-18-11-12-23-24(15-18)25(33-6)21-9-7-8-10-22(21)26(23)34-27(32)30-17-19(2)16-28(4,5)13-14-29-20(3)31/h7-12,15,19H,13-14,16-17H2,1-6H3,(H,29,31)(H,30,32). The molecule has 1 unspecified atom stereocenters. The van der Waals surface area contributed by atoms with E-state index in [9.17, 15) is 9.59 Å². The van der Waals surface area contributed by atoms with Crippen LogP contribution in [-0.4, -0.2) is 32.2 Å². The normalized spacial score (nSPS) is 12.4. The maximum absolute atomic E-state index is 12.8. The van der Waals surface area contributed by atoms with Crippen molar-refractivity contribution in [3.8, 4) is 11.5 Å². The lowest BCUT2D eigenvalue weighted by Gasteiger charge is -2.28. The lowest BCUT2D eigenvalue weighted by Crippen LogP contribution is -2.33. The molecule has 6 nitrogen and oxygen atoms in total. The Bertz CT molecular complexity index is 1190. The van der Waals surface area contributed by atoms with Crippen molar-refractivity contribution < 1.29 is 19.1 Å². The summed E-state index contributed by atoms with van der Waals surface area (Å²) in [5.74, 6) is 1.55. The Morgan fingerprint density at radius 1 is 0.971 bits per heavy atom. The number of amides is 2. The number of ether oxygens (including phenoxy) is 2. The van der Waals surface area contributed by atoms with Gasteiger partial charge in [-0.15, -0.1) is 0 Å². The molecular formula is C28H36N2O4. The molecule has 182 valence electrons. The second-order valence-corrected chi connectivity index (χ2v) is 9.93. The van der Waals surface area contributed by atoms with E-state index >= 15 is 0 Å². The van der Waals surface area contributed by atoms with E-state index < -0.39 is 6.09 Å². The highest BCUT2D eigenvalue weighted by molar-refractivity contribution is 6.12. The van der Waals surface area contributed by atoms with Crippen LogP contribution in [0.2, 0.25) is 0 Å². The minimum Gasteiger partial charge on any atom is -0.495 e. The van der Waals surface area contributed by atoms with Crippen LogP contribution in [0.1, 0.15) is 46.1 Å². The van der Waals surface area contributed by atoms with Crippen molar-refractivity contribution in [1.29, 1.82) is 0 Å². The topological polar surface area (TPSA) is 76.7 Å². The molecule has 0 fully saturated rings. The molecule has 0 radical (unpaired) electrons. The van der Waals surface area contributed by atoms with Crippen LogP contribution in [0.4, 0.5) is 4.79 Å². The number of carbonyl (C=O) groups is 2. The number of hydrogen-bond acceptors (Lipinski definition) is 4. The van der Waals surface area contributed by atoms with Crippen molar-refractivity contribution >= 4 is 33.5 Å². The molecule has 0 bridgehead atoms. The van der Waals surface area contributed by atoms with Gasteiger partial charge in [-0.2, -0.15) is 0 Å². The van der Waals surface area contributed by atoms with E-state index in [-0.39, 0.29) is 17.2 Å². The highest BCUT2D eigenvalue weighted by atomic mass is 16.6. The third-order valence-electron chi connectivity index (χ3n) is 6.15. The second kappa shape index (κ2) is 10.8. The Morgan fingerprint density at radius 3 is 2.26 bits per heavy atom. The van der Waals surface area contributed by atoms with Gasteiger partial charge in [0, 0.05) is 41.6 Å². The van der Waals surface area contributed by atoms with Gasteiger partial charge < -0.3 is 20.1 Å². The summed E-state index contributed by atoms with van der Waals surface area (Å²) in [7, 11) is 1.66. The highest BCUT2D eigenvalue weighted by Crippen LogP contribution is 2.43. The molecule has 0 aromatic heterocycles. The van der Waals surface area contributed by atoms with E-state index in [4.69, 9.17) is 9.47 Å². The number of nitrogens with one attached hydrogen (secondary N) is 2. The average Bonchev–Trinajstić information content (AvgIpc) is 2.77. The molecule has 0 heterocycles. The molecular weight excluding hydrogens is 428 g/mol. The number of carbonyl (C=O) groups excluding carboxylic acids is 2. The third-order valence-corrected chi connectivity index (χ3v) is 6.15. The van der Waals surface area contributed by atoms with Crippen molar-refractivity contribution in [3.05, 3.63) is 48.0 Å². The predicted molar refractivity (Wildman–Crippen MR) is 138 cm³/mol. The molecule has 0 saturated carbocycles. The van der Waals surface area contributed by atoms with Crippen LogP contribution in [-0.2, 0) is 4.79 Å². The van der Waals surface area contributed by atoms with Gasteiger partial charge in [0.25, 0.3) is 0 Å². The SMILES string of the molecule is COc1c2ccccc2c(OC(=O)NCC(C)CC(C)(C)CCNC(C)=O)c2ccc(C)cc12. The van der Waals surface area contributed by atoms with Gasteiger partial charge in [0.2, 0.25) is 5.91 Å². The van der Waals surface area contributed by atoms with E-state index in [0.717, 1.165) is 45.7 Å². The summed E-state index contributed by atoms with van der Waals surface area (Å²) >= 11 is 0. The molecule has 1 atom stereocenters. The van der Waals surface area contributed by atoms with Gasteiger partial charge >= 0.3 is 6.09 Å². The lowest BCUT2D eigenvalue weighted by atomic mass is 9.80. The van der Waals surface area contributed by atoms with Gasteiger partial charge in [0.1, 0.15) is 11.5 Å². The fourth-order valence-electron chi connectivity index (χ4n) is 4.62. The molecule has 6 heteroatoms. The first-order valence-electron chi connectivity index (χ1n) is 11.8. The van der Waals surface area contributed by atoms with Crippen molar-refractivity contribution in [2.24, 2.45) is 11.3 Å². The summed E-state index contributed by atoms with van der Waals surface area (Å²) in [4.78, 5) is 23.9. The molecule has 3 rings (SSSR count). The van der Waals surface area contributed by atoms with E-state index in [1.807, 2.05) is 43.3 Å². The van der Waals surface area contributed by atoms with Gasteiger partial charge in [-0.3, -0.25) is 4.79 Å². The van der Waals surface area contributed by atoms with E-state index in [1.54, 1.807) is 7.11 Å². The van der Waals surface area contributed by atoms with Gasteiger partial charge in [-0.25, -0.2) is 4.79 Å². The third kappa shape index (κ3) is 6.19. The summed E-state index contributed by atoms with van der Waals surface area (Å²) in [5, 5.41) is 9.28. The number of methoxy groups -OCH3 is 1. The number of benzene rings is 3. The van der Waals surface area contributed by atoms with Crippen LogP contribution in [0, 0.1) is 18.3 Å². The molecule has 2 amide bonds. The first-order valence-corrected chi connectivity index (χ1v) is 11.8. The maximum Gasteiger partial charge on any atom is 0.412 e. The van der Waals surface area contributed by atoms with Crippen molar-refractivity contribution in [3.63, 3.8) is 0 Å². The Hall–Kier alpha value is -3.28. The summed E-state index contributed by atoms with van der Waals surface area (Å²) in [6.45, 7) is 11.2. The Labute approximate surface area is 202 Å². The number of rotatable bonds is 9. The fourth-order valence-corrected chi connectivity index (χ4v) is 4.62. The van der Waals surface area contributed by atoms with Crippen LogP contribution in [0.5, 0.6) is 11.5 Å². The molecule has 0 aliphatic rings. The summed E-state index contributed by atoms with van der Waals surface area (Å²) in [6, 6.07) is 13.8. The maximum atomic E-state index is 12.8. The Morgan fingerprint density at radius 2 is 1.62 bits per heavy atom. The molecule has 3 aromatic carbocycles. The zero-order chi connectivity index (χ0) is 24.9. The van der Waals surface area contributed by atoms with Crippen LogP contribution in [0.25, 0.3) is 21.5 Å². The van der Waals surface area contributed by atoms with Crippen LogP contribution < -0.4 is 20.1 Å². The van der Waals surface area contributed by atoms with Gasteiger partial charge in [0.15, 0.2) is 0 Å². The predicted octanol–water partition coefficient (Wildman–Crippen LogP) is 5.98. The highest BCUT2D eigenvalue weighted by Gasteiger charge is 2.22. The van der Waals surface area contributed by atoms with Crippen molar-refractivity contribution in [1.82, 2.24) is 10.6 Å². The molecule has 0 spiro atoms. The smallest absolute Gasteiger partial charge is 0.412 e. The van der Waals surface area contributed by atoms with Gasteiger partial charge in [-0.1, -0.05) is 62.7 Å². The number of aryl methyl sites for hydroxylation is 1.